The van der Waals surface area contributed by atoms with Gasteiger partial charge in [-0.2, -0.15) is 5.26 Å². The second kappa shape index (κ2) is 5.25. The van der Waals surface area contributed by atoms with Crippen LogP contribution in [-0.2, 0) is 7.05 Å². The minimum Gasteiger partial charge on any atom is -0.345 e. The van der Waals surface area contributed by atoms with Gasteiger partial charge in [0.05, 0.1) is 0 Å². The summed E-state index contributed by atoms with van der Waals surface area (Å²) in [7, 11) is 3.55. The van der Waals surface area contributed by atoms with Crippen molar-refractivity contribution in [2.45, 2.75) is 0 Å². The van der Waals surface area contributed by atoms with Crippen molar-refractivity contribution in [3.8, 4) is 6.07 Å². The van der Waals surface area contributed by atoms with E-state index in [1.165, 1.54) is 11.5 Å². The molecule has 0 spiro atoms. The molecule has 0 aliphatic carbocycles. The van der Waals surface area contributed by atoms with Gasteiger partial charge in [0, 0.05) is 24.8 Å². The van der Waals surface area contributed by atoms with Gasteiger partial charge in [-0.15, -0.1) is 0 Å². The number of aryl methyl sites for hydroxylation is 1. The molecule has 0 aliphatic rings. The molecule has 4 nitrogen and oxygen atoms in total. The maximum atomic E-state index is 9.19. The number of hydrogen-bond donors (Lipinski definition) is 1. The average molecular weight is 279 g/mol. The van der Waals surface area contributed by atoms with E-state index >= 15 is 0 Å². The summed E-state index contributed by atoms with van der Waals surface area (Å²) in [6.45, 7) is 0. The first-order valence-corrected chi connectivity index (χ1v) is 6.36. The number of nitriles is 1. The van der Waals surface area contributed by atoms with Crippen molar-refractivity contribution in [3.63, 3.8) is 0 Å². The zero-order chi connectivity index (χ0) is 13.1. The molecule has 0 fully saturated rings. The van der Waals surface area contributed by atoms with Gasteiger partial charge in [-0.3, -0.25) is 8.95 Å². The van der Waals surface area contributed by atoms with Crippen LogP contribution in [0.2, 0.25) is 5.02 Å². The Hall–Kier alpha value is -1.77. The van der Waals surface area contributed by atoms with Crippen LogP contribution in [0.3, 0.4) is 0 Å². The van der Waals surface area contributed by atoms with Gasteiger partial charge in [-0.1, -0.05) is 11.6 Å². The monoisotopic (exact) mass is 278 g/mol. The molecular weight excluding hydrogens is 268 g/mol. The highest BCUT2D eigenvalue weighted by Gasteiger charge is 2.10. The van der Waals surface area contributed by atoms with E-state index in [9.17, 15) is 5.26 Å². The third-order valence-electron chi connectivity index (χ3n) is 2.40. The van der Waals surface area contributed by atoms with E-state index in [0.29, 0.717) is 16.1 Å². The number of nitrogens with zero attached hydrogens (tertiary/aromatic N) is 3. The van der Waals surface area contributed by atoms with E-state index in [-0.39, 0.29) is 0 Å². The Kier molecular flexibility index (Phi) is 3.70. The van der Waals surface area contributed by atoms with E-state index in [0.717, 1.165) is 10.7 Å². The Morgan fingerprint density at radius 2 is 2.06 bits per heavy atom. The molecule has 18 heavy (non-hydrogen) atoms. The first-order valence-electron chi connectivity index (χ1n) is 5.21. The lowest BCUT2D eigenvalue weighted by molar-refractivity contribution is 0.928. The molecule has 1 aromatic carbocycles. The maximum Gasteiger partial charge on any atom is 0.157 e. The van der Waals surface area contributed by atoms with Gasteiger partial charge in [0.25, 0.3) is 0 Å². The summed E-state index contributed by atoms with van der Waals surface area (Å²) >= 11 is 7.27. The summed E-state index contributed by atoms with van der Waals surface area (Å²) in [4.78, 5) is 4.11. The van der Waals surface area contributed by atoms with Gasteiger partial charge in [0.1, 0.15) is 16.6 Å². The SMILES string of the molecule is CN=c1c(C#N)c(Nc2ccc(Cl)cc2)sn1C. The lowest BCUT2D eigenvalue weighted by Crippen LogP contribution is -2.13. The largest absolute Gasteiger partial charge is 0.345 e. The molecule has 0 unspecified atom stereocenters. The summed E-state index contributed by atoms with van der Waals surface area (Å²) < 4.78 is 1.86. The van der Waals surface area contributed by atoms with Crippen LogP contribution in [0.25, 0.3) is 0 Å². The smallest absolute Gasteiger partial charge is 0.157 e. The number of anilines is 2. The van der Waals surface area contributed by atoms with Crippen LogP contribution in [0.5, 0.6) is 0 Å². The van der Waals surface area contributed by atoms with Crippen LogP contribution in [0, 0.1) is 11.3 Å². The van der Waals surface area contributed by atoms with Crippen molar-refractivity contribution < 1.29 is 0 Å². The first kappa shape index (κ1) is 12.7. The Morgan fingerprint density at radius 3 is 2.61 bits per heavy atom. The molecule has 0 atom stereocenters. The molecule has 0 saturated heterocycles. The molecular formula is C12H11ClN4S. The van der Waals surface area contributed by atoms with Gasteiger partial charge in [-0.25, -0.2) is 0 Å². The van der Waals surface area contributed by atoms with Gasteiger partial charge < -0.3 is 5.32 Å². The molecule has 6 heteroatoms. The number of halogens is 1. The summed E-state index contributed by atoms with van der Waals surface area (Å²) in [5.74, 6) is 0. The van der Waals surface area contributed by atoms with Gasteiger partial charge in [-0.05, 0) is 35.8 Å². The zero-order valence-electron chi connectivity index (χ0n) is 9.94. The first-order chi connectivity index (χ1) is 8.65. The van der Waals surface area contributed by atoms with Crippen molar-refractivity contribution in [3.05, 3.63) is 40.3 Å². The zero-order valence-corrected chi connectivity index (χ0v) is 11.5. The fourth-order valence-electron chi connectivity index (χ4n) is 1.59. The molecule has 0 amide bonds. The third kappa shape index (κ3) is 2.40. The summed E-state index contributed by atoms with van der Waals surface area (Å²) in [5.41, 5.74) is 2.12. The second-order valence-electron chi connectivity index (χ2n) is 3.58. The summed E-state index contributed by atoms with van der Waals surface area (Å²) in [6.07, 6.45) is 0. The normalized spacial score (nSPS) is 11.3. The van der Waals surface area contributed by atoms with Crippen molar-refractivity contribution in [1.29, 1.82) is 5.26 Å². The molecule has 2 aromatic rings. The van der Waals surface area contributed by atoms with Crippen LogP contribution >= 0.6 is 23.1 Å². The maximum absolute atomic E-state index is 9.19. The number of aromatic nitrogens is 1. The molecule has 1 N–H and O–H groups in total. The van der Waals surface area contributed by atoms with E-state index in [2.05, 4.69) is 16.4 Å². The average Bonchev–Trinajstić information content (AvgIpc) is 2.67. The van der Waals surface area contributed by atoms with E-state index in [1.807, 2.05) is 23.1 Å². The molecule has 2 rings (SSSR count). The minimum atomic E-state index is 0.556. The fourth-order valence-corrected chi connectivity index (χ4v) is 2.64. The van der Waals surface area contributed by atoms with Crippen molar-refractivity contribution in [2.75, 3.05) is 12.4 Å². The fraction of sp³-hybridized carbons (Fsp3) is 0.167. The number of hydrogen-bond acceptors (Lipinski definition) is 4. The van der Waals surface area contributed by atoms with Crippen LogP contribution in [0.4, 0.5) is 10.7 Å². The quantitative estimate of drug-likeness (QED) is 0.918. The predicted molar refractivity (Wildman–Crippen MR) is 74.2 cm³/mol. The lowest BCUT2D eigenvalue weighted by atomic mass is 10.3. The highest BCUT2D eigenvalue weighted by Crippen LogP contribution is 2.24. The van der Waals surface area contributed by atoms with Gasteiger partial charge >= 0.3 is 0 Å². The highest BCUT2D eigenvalue weighted by atomic mass is 35.5. The van der Waals surface area contributed by atoms with Crippen molar-refractivity contribution in [2.24, 2.45) is 12.0 Å². The molecule has 1 aromatic heterocycles. The van der Waals surface area contributed by atoms with Crippen molar-refractivity contribution >= 4 is 33.8 Å². The van der Waals surface area contributed by atoms with E-state index in [1.54, 1.807) is 19.2 Å². The summed E-state index contributed by atoms with van der Waals surface area (Å²) in [5, 5.41) is 13.9. The Labute approximate surface area is 114 Å². The van der Waals surface area contributed by atoms with Crippen LogP contribution in [0.15, 0.2) is 29.3 Å². The minimum absolute atomic E-state index is 0.556. The van der Waals surface area contributed by atoms with Crippen molar-refractivity contribution in [1.82, 2.24) is 3.96 Å². The van der Waals surface area contributed by atoms with Crippen LogP contribution < -0.4 is 10.8 Å². The number of rotatable bonds is 2. The Balaban J connectivity index is 2.42. The highest BCUT2D eigenvalue weighted by molar-refractivity contribution is 7.11. The second-order valence-corrected chi connectivity index (χ2v) is 5.16. The lowest BCUT2D eigenvalue weighted by Gasteiger charge is -2.03. The summed E-state index contributed by atoms with van der Waals surface area (Å²) in [6, 6.07) is 9.51. The van der Waals surface area contributed by atoms with Gasteiger partial charge in [0.2, 0.25) is 0 Å². The number of nitrogens with one attached hydrogen (secondary N) is 1. The molecule has 0 saturated carbocycles. The molecule has 1 heterocycles. The van der Waals surface area contributed by atoms with E-state index < -0.39 is 0 Å². The van der Waals surface area contributed by atoms with Gasteiger partial charge in [0.15, 0.2) is 5.49 Å². The third-order valence-corrected chi connectivity index (χ3v) is 3.59. The molecule has 0 aliphatic heterocycles. The topological polar surface area (TPSA) is 53.1 Å². The standard InChI is InChI=1S/C12H11ClN4S/c1-15-11-10(7-14)12(18-17(11)2)16-9-5-3-8(13)4-6-9/h3-6,16H,1-2H3. The van der Waals surface area contributed by atoms with Crippen LogP contribution in [0.1, 0.15) is 5.56 Å². The van der Waals surface area contributed by atoms with E-state index in [4.69, 9.17) is 11.6 Å². The molecule has 0 bridgehead atoms. The molecule has 92 valence electrons. The van der Waals surface area contributed by atoms with Crippen LogP contribution in [-0.4, -0.2) is 11.0 Å². The molecule has 0 radical (unpaired) electrons. The Bertz CT molecular complexity index is 661. The predicted octanol–water partition coefficient (Wildman–Crippen LogP) is 2.89. The Morgan fingerprint density at radius 1 is 1.39 bits per heavy atom. The number of benzene rings is 1.